The maximum atomic E-state index is 13.4. The number of amides is 4. The summed E-state index contributed by atoms with van der Waals surface area (Å²) in [5, 5.41) is 5.82. The molecule has 1 aliphatic carbocycles. The zero-order valence-corrected chi connectivity index (χ0v) is 18.0. The van der Waals surface area contributed by atoms with E-state index in [1.807, 2.05) is 6.92 Å². The lowest BCUT2D eigenvalue weighted by Crippen LogP contribution is -2.49. The van der Waals surface area contributed by atoms with Gasteiger partial charge in [0.05, 0.1) is 0 Å². The van der Waals surface area contributed by atoms with Gasteiger partial charge in [0.1, 0.15) is 17.9 Å². The van der Waals surface area contributed by atoms with E-state index >= 15 is 0 Å². The number of unbranched alkanes of at least 4 members (excludes halogenated alkanes) is 1. The monoisotopic (exact) mass is 417 g/mol. The number of nitrogens with one attached hydrogen (secondary N) is 2. The van der Waals surface area contributed by atoms with Crippen molar-refractivity contribution in [2.24, 2.45) is 11.8 Å². The number of carbonyl (C=O) groups is 3. The maximum Gasteiger partial charge on any atom is 0.325 e. The van der Waals surface area contributed by atoms with Gasteiger partial charge >= 0.3 is 6.03 Å². The standard InChI is InChI=1S/C23H32FN3O3/c1-4-5-13-23(17-9-11-18(24)12-10-17)21(29)27(22(30)26-23)14-20(28)25-19-8-6-7-15(2)16(19)3/h9-12,15-16,19H,4-8,13-14H2,1-3H3,(H,25,28)(H,26,30)/t15-,16-,19+,23-/m0/s1. The fourth-order valence-electron chi connectivity index (χ4n) is 4.64. The molecule has 1 aliphatic heterocycles. The van der Waals surface area contributed by atoms with E-state index in [9.17, 15) is 18.8 Å². The van der Waals surface area contributed by atoms with E-state index in [1.54, 1.807) is 0 Å². The minimum atomic E-state index is -1.26. The van der Waals surface area contributed by atoms with Crippen LogP contribution < -0.4 is 10.6 Å². The topological polar surface area (TPSA) is 78.5 Å². The summed E-state index contributed by atoms with van der Waals surface area (Å²) in [7, 11) is 0. The number of imide groups is 1. The summed E-state index contributed by atoms with van der Waals surface area (Å²) in [6.45, 7) is 6.01. The first-order valence-electron chi connectivity index (χ1n) is 11.0. The van der Waals surface area contributed by atoms with Crippen LogP contribution in [0.4, 0.5) is 9.18 Å². The zero-order chi connectivity index (χ0) is 21.9. The van der Waals surface area contributed by atoms with Crippen LogP contribution in [-0.2, 0) is 15.1 Å². The predicted octanol–water partition coefficient (Wildman–Crippen LogP) is 3.70. The number of nitrogens with zero attached hydrogens (tertiary/aromatic N) is 1. The molecule has 1 heterocycles. The molecule has 2 fully saturated rings. The van der Waals surface area contributed by atoms with Crippen molar-refractivity contribution in [3.8, 4) is 0 Å². The summed E-state index contributed by atoms with van der Waals surface area (Å²) >= 11 is 0. The van der Waals surface area contributed by atoms with Gasteiger partial charge in [0.25, 0.3) is 5.91 Å². The summed E-state index contributed by atoms with van der Waals surface area (Å²) in [6, 6.07) is 5.09. The lowest BCUT2D eigenvalue weighted by Gasteiger charge is -2.34. The first-order chi connectivity index (χ1) is 14.3. The second kappa shape index (κ2) is 9.14. The molecule has 3 rings (SSSR count). The highest BCUT2D eigenvalue weighted by molar-refractivity contribution is 6.09. The van der Waals surface area contributed by atoms with Crippen molar-refractivity contribution in [1.82, 2.24) is 15.5 Å². The van der Waals surface area contributed by atoms with E-state index in [4.69, 9.17) is 0 Å². The van der Waals surface area contributed by atoms with Gasteiger partial charge in [-0.3, -0.25) is 14.5 Å². The molecule has 0 unspecified atom stereocenters. The molecule has 2 aliphatic rings. The Bertz CT molecular complexity index is 797. The molecule has 1 aromatic rings. The van der Waals surface area contributed by atoms with E-state index in [-0.39, 0.29) is 18.5 Å². The summed E-state index contributed by atoms with van der Waals surface area (Å²) < 4.78 is 13.4. The second-order valence-electron chi connectivity index (χ2n) is 8.78. The van der Waals surface area contributed by atoms with Gasteiger partial charge in [0.2, 0.25) is 5.91 Å². The van der Waals surface area contributed by atoms with Gasteiger partial charge in [-0.1, -0.05) is 58.6 Å². The van der Waals surface area contributed by atoms with Crippen LogP contribution in [0, 0.1) is 17.7 Å². The molecule has 6 nitrogen and oxygen atoms in total. The van der Waals surface area contributed by atoms with Crippen LogP contribution in [0.15, 0.2) is 24.3 Å². The van der Waals surface area contributed by atoms with Gasteiger partial charge in [0.15, 0.2) is 0 Å². The highest BCUT2D eigenvalue weighted by Gasteiger charge is 2.52. The number of urea groups is 1. The Morgan fingerprint density at radius 1 is 1.23 bits per heavy atom. The van der Waals surface area contributed by atoms with Gasteiger partial charge in [-0.25, -0.2) is 9.18 Å². The molecular formula is C23H32FN3O3. The third kappa shape index (κ3) is 4.35. The van der Waals surface area contributed by atoms with Crippen molar-refractivity contribution in [3.05, 3.63) is 35.6 Å². The molecule has 1 saturated carbocycles. The molecular weight excluding hydrogens is 385 g/mol. The van der Waals surface area contributed by atoms with Gasteiger partial charge in [-0.05, 0) is 42.4 Å². The SMILES string of the molecule is CCCC[C@@]1(c2ccc(F)cc2)NC(=O)N(CC(=O)N[C@@H]2CCC[C@H](C)[C@@H]2C)C1=O. The number of halogens is 1. The first-order valence-corrected chi connectivity index (χ1v) is 11.0. The Morgan fingerprint density at radius 2 is 1.93 bits per heavy atom. The van der Waals surface area contributed by atoms with E-state index in [2.05, 4.69) is 24.5 Å². The Morgan fingerprint density at radius 3 is 2.60 bits per heavy atom. The van der Waals surface area contributed by atoms with Crippen LogP contribution >= 0.6 is 0 Å². The lowest BCUT2D eigenvalue weighted by molar-refractivity contribution is -0.135. The predicted molar refractivity (Wildman–Crippen MR) is 112 cm³/mol. The molecule has 164 valence electrons. The Kier molecular flexibility index (Phi) is 6.78. The first kappa shape index (κ1) is 22.2. The van der Waals surface area contributed by atoms with Crippen LogP contribution in [0.25, 0.3) is 0 Å². The molecule has 0 aromatic heterocycles. The van der Waals surface area contributed by atoms with E-state index < -0.39 is 23.3 Å². The fraction of sp³-hybridized carbons (Fsp3) is 0.609. The Labute approximate surface area is 177 Å². The third-order valence-electron chi connectivity index (χ3n) is 6.77. The molecule has 7 heteroatoms. The molecule has 4 atom stereocenters. The number of benzene rings is 1. The Balaban J connectivity index is 1.76. The van der Waals surface area contributed by atoms with E-state index in [0.717, 1.165) is 30.6 Å². The number of rotatable bonds is 7. The van der Waals surface area contributed by atoms with Crippen molar-refractivity contribution in [2.75, 3.05) is 6.54 Å². The summed E-state index contributed by atoms with van der Waals surface area (Å²) in [5.74, 6) is -0.301. The fourth-order valence-corrected chi connectivity index (χ4v) is 4.64. The summed E-state index contributed by atoms with van der Waals surface area (Å²) in [4.78, 5) is 39.7. The minimum Gasteiger partial charge on any atom is -0.352 e. The molecule has 1 aromatic carbocycles. The van der Waals surface area contributed by atoms with E-state index in [1.165, 1.54) is 24.3 Å². The van der Waals surface area contributed by atoms with Crippen LogP contribution in [0.2, 0.25) is 0 Å². The highest BCUT2D eigenvalue weighted by Crippen LogP contribution is 2.34. The molecule has 0 spiro atoms. The molecule has 0 radical (unpaired) electrons. The zero-order valence-electron chi connectivity index (χ0n) is 18.0. The van der Waals surface area contributed by atoms with Gasteiger partial charge in [-0.15, -0.1) is 0 Å². The van der Waals surface area contributed by atoms with Crippen molar-refractivity contribution >= 4 is 17.8 Å². The van der Waals surface area contributed by atoms with Crippen LogP contribution in [0.5, 0.6) is 0 Å². The molecule has 30 heavy (non-hydrogen) atoms. The van der Waals surface area contributed by atoms with Crippen molar-refractivity contribution in [2.45, 2.75) is 70.9 Å². The van der Waals surface area contributed by atoms with E-state index in [0.29, 0.717) is 30.2 Å². The van der Waals surface area contributed by atoms with Crippen molar-refractivity contribution in [3.63, 3.8) is 0 Å². The largest absolute Gasteiger partial charge is 0.352 e. The normalized spacial score (nSPS) is 29.1. The third-order valence-corrected chi connectivity index (χ3v) is 6.77. The smallest absolute Gasteiger partial charge is 0.325 e. The van der Waals surface area contributed by atoms with Crippen molar-refractivity contribution < 1.29 is 18.8 Å². The molecule has 0 bridgehead atoms. The van der Waals surface area contributed by atoms with Gasteiger partial charge in [-0.2, -0.15) is 0 Å². The van der Waals surface area contributed by atoms with Crippen LogP contribution in [-0.4, -0.2) is 35.3 Å². The summed E-state index contributed by atoms with van der Waals surface area (Å²) in [5.41, 5.74) is -0.721. The number of hydrogen-bond donors (Lipinski definition) is 2. The lowest BCUT2D eigenvalue weighted by atomic mass is 9.78. The quantitative estimate of drug-likeness (QED) is 0.664. The maximum absolute atomic E-state index is 13.4. The van der Waals surface area contributed by atoms with Gasteiger partial charge < -0.3 is 10.6 Å². The van der Waals surface area contributed by atoms with Crippen molar-refractivity contribution in [1.29, 1.82) is 0 Å². The minimum absolute atomic E-state index is 0.0592. The molecule has 4 amide bonds. The van der Waals surface area contributed by atoms with Gasteiger partial charge in [0, 0.05) is 6.04 Å². The average Bonchev–Trinajstić information content (AvgIpc) is 2.95. The average molecular weight is 418 g/mol. The highest BCUT2D eigenvalue weighted by atomic mass is 19.1. The molecule has 2 N–H and O–H groups in total. The molecule has 1 saturated heterocycles. The Hall–Kier alpha value is -2.44. The number of hydrogen-bond acceptors (Lipinski definition) is 3. The van der Waals surface area contributed by atoms with Crippen LogP contribution in [0.3, 0.4) is 0 Å². The summed E-state index contributed by atoms with van der Waals surface area (Å²) in [6.07, 6.45) is 5.07. The van der Waals surface area contributed by atoms with Crippen LogP contribution in [0.1, 0.15) is 64.9 Å². The number of carbonyl (C=O) groups excluding carboxylic acids is 3. The second-order valence-corrected chi connectivity index (χ2v) is 8.78.